The minimum absolute atomic E-state index is 0.0833. The predicted molar refractivity (Wildman–Crippen MR) is 78.9 cm³/mol. The number of carbonyl (C=O) groups excluding carboxylic acids is 1. The third-order valence-electron chi connectivity index (χ3n) is 2.95. The van der Waals surface area contributed by atoms with E-state index in [1.54, 1.807) is 12.1 Å². The topological polar surface area (TPSA) is 89.6 Å². The van der Waals surface area contributed by atoms with Crippen molar-refractivity contribution in [1.29, 1.82) is 0 Å². The first-order valence-electron chi connectivity index (χ1n) is 5.94. The Kier molecular flexibility index (Phi) is 4.14. The molecule has 108 valence electrons. The standard InChI is InChI=1S/C15H12ClNO4/c1-21-11-5-9(4-10(6-11)15(19)20)8-2-3-13(16)12(7-8)14(17)18/h2-7H,1H3,(H2,17,18)(H,19,20). The highest BCUT2D eigenvalue weighted by Gasteiger charge is 2.12. The van der Waals surface area contributed by atoms with E-state index in [-0.39, 0.29) is 16.1 Å². The summed E-state index contributed by atoms with van der Waals surface area (Å²) in [6.07, 6.45) is 0. The van der Waals surface area contributed by atoms with Crippen molar-refractivity contribution in [1.82, 2.24) is 0 Å². The van der Waals surface area contributed by atoms with E-state index in [1.807, 2.05) is 0 Å². The number of aromatic carboxylic acids is 1. The van der Waals surface area contributed by atoms with Gasteiger partial charge in [-0.05, 0) is 41.5 Å². The maximum absolute atomic E-state index is 11.3. The summed E-state index contributed by atoms with van der Waals surface area (Å²) in [5.74, 6) is -1.32. The lowest BCUT2D eigenvalue weighted by molar-refractivity contribution is 0.0696. The quantitative estimate of drug-likeness (QED) is 0.909. The van der Waals surface area contributed by atoms with Crippen LogP contribution in [0.3, 0.4) is 0 Å². The van der Waals surface area contributed by atoms with Gasteiger partial charge in [0.15, 0.2) is 0 Å². The molecule has 0 aliphatic carbocycles. The number of carboxylic acid groups (broad SMARTS) is 1. The Balaban J connectivity index is 2.61. The zero-order valence-corrected chi connectivity index (χ0v) is 11.8. The van der Waals surface area contributed by atoms with Crippen LogP contribution in [-0.4, -0.2) is 24.1 Å². The van der Waals surface area contributed by atoms with Crippen molar-refractivity contribution in [2.24, 2.45) is 5.73 Å². The number of amides is 1. The fourth-order valence-corrected chi connectivity index (χ4v) is 2.11. The maximum atomic E-state index is 11.3. The van der Waals surface area contributed by atoms with Gasteiger partial charge in [-0.3, -0.25) is 4.79 Å². The van der Waals surface area contributed by atoms with Crippen LogP contribution in [0.4, 0.5) is 0 Å². The van der Waals surface area contributed by atoms with Crippen molar-refractivity contribution in [3.8, 4) is 16.9 Å². The number of benzene rings is 2. The van der Waals surface area contributed by atoms with Gasteiger partial charge in [0.1, 0.15) is 5.75 Å². The average molecular weight is 306 g/mol. The fraction of sp³-hybridized carbons (Fsp3) is 0.0667. The van der Waals surface area contributed by atoms with Gasteiger partial charge in [0.25, 0.3) is 0 Å². The zero-order valence-electron chi connectivity index (χ0n) is 11.1. The molecule has 0 spiro atoms. The van der Waals surface area contributed by atoms with E-state index in [1.165, 1.54) is 31.4 Å². The molecule has 0 aliphatic rings. The van der Waals surface area contributed by atoms with Gasteiger partial charge in [0, 0.05) is 0 Å². The molecule has 0 aliphatic heterocycles. The molecule has 2 rings (SSSR count). The zero-order chi connectivity index (χ0) is 15.6. The summed E-state index contributed by atoms with van der Waals surface area (Å²) in [6.45, 7) is 0. The van der Waals surface area contributed by atoms with E-state index >= 15 is 0 Å². The monoisotopic (exact) mass is 305 g/mol. The Morgan fingerprint density at radius 1 is 1.14 bits per heavy atom. The number of nitrogens with two attached hydrogens (primary N) is 1. The second-order valence-corrected chi connectivity index (χ2v) is 4.72. The van der Waals surface area contributed by atoms with Gasteiger partial charge in [-0.1, -0.05) is 17.7 Å². The van der Waals surface area contributed by atoms with Gasteiger partial charge in [-0.15, -0.1) is 0 Å². The lowest BCUT2D eigenvalue weighted by Gasteiger charge is -2.09. The molecule has 2 aromatic rings. The summed E-state index contributed by atoms with van der Waals surface area (Å²) in [6, 6.07) is 9.30. The second kappa shape index (κ2) is 5.85. The van der Waals surface area contributed by atoms with Gasteiger partial charge >= 0.3 is 5.97 Å². The minimum atomic E-state index is -1.07. The molecule has 0 bridgehead atoms. The Morgan fingerprint density at radius 2 is 1.86 bits per heavy atom. The van der Waals surface area contributed by atoms with E-state index in [4.69, 9.17) is 27.2 Å². The van der Waals surface area contributed by atoms with Crippen molar-refractivity contribution in [3.05, 3.63) is 52.5 Å². The van der Waals surface area contributed by atoms with E-state index in [0.717, 1.165) is 0 Å². The van der Waals surface area contributed by atoms with Gasteiger partial charge in [-0.25, -0.2) is 4.79 Å². The molecular formula is C15H12ClNO4. The Hall–Kier alpha value is -2.53. The smallest absolute Gasteiger partial charge is 0.335 e. The molecule has 0 heterocycles. The molecule has 2 aromatic carbocycles. The number of hydrogen-bond acceptors (Lipinski definition) is 3. The Morgan fingerprint density at radius 3 is 2.43 bits per heavy atom. The van der Waals surface area contributed by atoms with Gasteiger partial charge < -0.3 is 15.6 Å². The lowest BCUT2D eigenvalue weighted by Crippen LogP contribution is -2.11. The summed E-state index contributed by atoms with van der Waals surface area (Å²) in [5, 5.41) is 9.36. The summed E-state index contributed by atoms with van der Waals surface area (Å²) >= 11 is 5.90. The highest BCUT2D eigenvalue weighted by Crippen LogP contribution is 2.29. The van der Waals surface area contributed by atoms with E-state index in [0.29, 0.717) is 16.9 Å². The second-order valence-electron chi connectivity index (χ2n) is 4.31. The molecule has 0 saturated heterocycles. The molecule has 0 fully saturated rings. The highest BCUT2D eigenvalue weighted by atomic mass is 35.5. The predicted octanol–water partition coefficient (Wildman–Crippen LogP) is 2.81. The van der Waals surface area contributed by atoms with Gasteiger partial charge in [-0.2, -0.15) is 0 Å². The number of methoxy groups -OCH3 is 1. The van der Waals surface area contributed by atoms with Crippen molar-refractivity contribution in [2.75, 3.05) is 7.11 Å². The van der Waals surface area contributed by atoms with Crippen LogP contribution in [0.25, 0.3) is 11.1 Å². The molecule has 5 nitrogen and oxygen atoms in total. The lowest BCUT2D eigenvalue weighted by atomic mass is 10.0. The van der Waals surface area contributed by atoms with E-state index in [9.17, 15) is 9.59 Å². The summed E-state index contributed by atoms with van der Waals surface area (Å²) in [7, 11) is 1.45. The Bertz CT molecular complexity index is 728. The number of hydrogen-bond donors (Lipinski definition) is 2. The third-order valence-corrected chi connectivity index (χ3v) is 3.28. The average Bonchev–Trinajstić information content (AvgIpc) is 2.46. The van der Waals surface area contributed by atoms with Crippen LogP contribution < -0.4 is 10.5 Å². The molecule has 0 unspecified atom stereocenters. The van der Waals surface area contributed by atoms with Crippen molar-refractivity contribution >= 4 is 23.5 Å². The first-order chi connectivity index (χ1) is 9.92. The van der Waals surface area contributed by atoms with Crippen molar-refractivity contribution in [2.45, 2.75) is 0 Å². The summed E-state index contributed by atoms with van der Waals surface area (Å²) in [5.41, 5.74) is 6.72. The maximum Gasteiger partial charge on any atom is 0.335 e. The van der Waals surface area contributed by atoms with E-state index < -0.39 is 11.9 Å². The summed E-state index contributed by atoms with van der Waals surface area (Å²) < 4.78 is 5.09. The summed E-state index contributed by atoms with van der Waals surface area (Å²) in [4.78, 5) is 22.5. The number of ether oxygens (including phenoxy) is 1. The van der Waals surface area contributed by atoms with Crippen LogP contribution in [0.2, 0.25) is 5.02 Å². The van der Waals surface area contributed by atoms with Crippen LogP contribution in [0.1, 0.15) is 20.7 Å². The largest absolute Gasteiger partial charge is 0.497 e. The normalized spacial score (nSPS) is 10.2. The molecule has 0 aromatic heterocycles. The molecule has 0 atom stereocenters. The van der Waals surface area contributed by atoms with Crippen LogP contribution in [-0.2, 0) is 0 Å². The number of carboxylic acids is 1. The molecule has 1 amide bonds. The number of rotatable bonds is 4. The molecule has 0 saturated carbocycles. The highest BCUT2D eigenvalue weighted by molar-refractivity contribution is 6.33. The van der Waals surface area contributed by atoms with E-state index in [2.05, 4.69) is 0 Å². The minimum Gasteiger partial charge on any atom is -0.497 e. The van der Waals surface area contributed by atoms with Crippen LogP contribution in [0, 0.1) is 0 Å². The first-order valence-corrected chi connectivity index (χ1v) is 6.32. The number of primary amides is 1. The van der Waals surface area contributed by atoms with Crippen LogP contribution in [0.15, 0.2) is 36.4 Å². The molecule has 6 heteroatoms. The molecular weight excluding hydrogens is 294 g/mol. The van der Waals surface area contributed by atoms with Gasteiger partial charge in [0.2, 0.25) is 5.91 Å². The SMILES string of the molecule is COc1cc(C(=O)O)cc(-c2ccc(Cl)c(C(N)=O)c2)c1. The van der Waals surface area contributed by atoms with Crippen molar-refractivity contribution in [3.63, 3.8) is 0 Å². The third kappa shape index (κ3) is 3.14. The van der Waals surface area contributed by atoms with Crippen LogP contribution >= 0.6 is 11.6 Å². The van der Waals surface area contributed by atoms with Crippen LogP contribution in [0.5, 0.6) is 5.75 Å². The van der Waals surface area contributed by atoms with Gasteiger partial charge in [0.05, 0.1) is 23.3 Å². The number of halogens is 1. The fourth-order valence-electron chi connectivity index (χ4n) is 1.90. The molecule has 0 radical (unpaired) electrons. The molecule has 21 heavy (non-hydrogen) atoms. The van der Waals surface area contributed by atoms with Crippen molar-refractivity contribution < 1.29 is 19.4 Å². The Labute approximate surface area is 125 Å². The number of carbonyl (C=O) groups is 2. The molecule has 3 N–H and O–H groups in total. The first kappa shape index (κ1) is 14.9.